The summed E-state index contributed by atoms with van der Waals surface area (Å²) in [6.07, 6.45) is 10.2. The lowest BCUT2D eigenvalue weighted by Crippen LogP contribution is -1.95. The van der Waals surface area contributed by atoms with Crippen molar-refractivity contribution in [3.05, 3.63) is 133 Å². The third kappa shape index (κ3) is 3.67. The molecule has 1 heterocycles. The van der Waals surface area contributed by atoms with Gasteiger partial charge in [-0.2, -0.15) is 0 Å². The maximum atomic E-state index is 4.26. The summed E-state index contributed by atoms with van der Waals surface area (Å²) in [4.78, 5) is 0. The SMILES string of the molecule is C=Cc1ccc2c(sc3ccc(-c4c(C=C)c(C=C)c(-c5ccccc5)c5ccccc45)cc32)c1/C=C\C. The summed E-state index contributed by atoms with van der Waals surface area (Å²) in [7, 11) is 0. The molecule has 0 aliphatic carbocycles. The Balaban J connectivity index is 1.71. The Kier molecular flexibility index (Phi) is 6.15. The second kappa shape index (κ2) is 9.78. The molecular weight excluding hydrogens is 476 g/mol. The third-order valence-corrected chi connectivity index (χ3v) is 8.54. The molecule has 38 heavy (non-hydrogen) atoms. The molecular formula is C37H28S. The van der Waals surface area contributed by atoms with Crippen LogP contribution in [-0.2, 0) is 0 Å². The second-order valence-electron chi connectivity index (χ2n) is 9.36. The van der Waals surface area contributed by atoms with Gasteiger partial charge in [0, 0.05) is 20.2 Å². The van der Waals surface area contributed by atoms with Crippen LogP contribution in [0.2, 0.25) is 0 Å². The lowest BCUT2D eigenvalue weighted by atomic mass is 9.83. The van der Waals surface area contributed by atoms with Crippen molar-refractivity contribution < 1.29 is 0 Å². The van der Waals surface area contributed by atoms with Crippen molar-refractivity contribution in [2.24, 2.45) is 0 Å². The highest BCUT2D eigenvalue weighted by molar-refractivity contribution is 7.26. The van der Waals surface area contributed by atoms with E-state index in [-0.39, 0.29) is 0 Å². The number of hydrogen-bond acceptors (Lipinski definition) is 1. The molecule has 0 spiro atoms. The first-order valence-electron chi connectivity index (χ1n) is 12.8. The standard InChI is InChI=1S/C37H28S/c1-5-14-29-24(6-2)19-21-32-33-23-26(20-22-34(33)38-37(29)32)36-28(8-4)27(7-3)35(25-15-10-9-11-16-25)30-17-12-13-18-31(30)36/h5-23H,2-4H2,1H3/b14-5-. The van der Waals surface area contributed by atoms with Crippen LogP contribution in [0.5, 0.6) is 0 Å². The molecule has 6 rings (SSSR count). The van der Waals surface area contributed by atoms with Gasteiger partial charge < -0.3 is 0 Å². The Bertz CT molecular complexity index is 1910. The number of thiophene rings is 1. The smallest absolute Gasteiger partial charge is 0.0433 e. The molecule has 0 nitrogen and oxygen atoms in total. The first-order chi connectivity index (χ1) is 18.7. The predicted molar refractivity (Wildman–Crippen MR) is 173 cm³/mol. The average Bonchev–Trinajstić information content (AvgIpc) is 3.34. The summed E-state index contributed by atoms with van der Waals surface area (Å²) in [6.45, 7) is 14.6. The van der Waals surface area contributed by atoms with E-state index in [9.17, 15) is 0 Å². The van der Waals surface area contributed by atoms with Crippen molar-refractivity contribution in [1.82, 2.24) is 0 Å². The molecule has 1 aromatic heterocycles. The van der Waals surface area contributed by atoms with Gasteiger partial charge in [-0.1, -0.05) is 123 Å². The number of benzene rings is 5. The third-order valence-electron chi connectivity index (χ3n) is 7.32. The molecule has 0 radical (unpaired) electrons. The zero-order valence-corrected chi connectivity index (χ0v) is 22.3. The molecule has 5 aromatic carbocycles. The first-order valence-corrected chi connectivity index (χ1v) is 13.7. The second-order valence-corrected chi connectivity index (χ2v) is 10.4. The molecule has 1 heteroatoms. The van der Waals surface area contributed by atoms with Gasteiger partial charge in [0.2, 0.25) is 0 Å². The van der Waals surface area contributed by atoms with Crippen molar-refractivity contribution in [1.29, 1.82) is 0 Å². The van der Waals surface area contributed by atoms with Gasteiger partial charge in [0.15, 0.2) is 0 Å². The summed E-state index contributed by atoms with van der Waals surface area (Å²) in [5, 5.41) is 4.99. The topological polar surface area (TPSA) is 0 Å². The lowest BCUT2D eigenvalue weighted by molar-refractivity contribution is 1.59. The van der Waals surface area contributed by atoms with Crippen LogP contribution in [-0.4, -0.2) is 0 Å². The Morgan fingerprint density at radius 2 is 1.24 bits per heavy atom. The molecule has 0 fully saturated rings. The highest BCUT2D eigenvalue weighted by Crippen LogP contribution is 2.45. The van der Waals surface area contributed by atoms with Gasteiger partial charge >= 0.3 is 0 Å². The number of rotatable bonds is 6. The van der Waals surface area contributed by atoms with E-state index in [0.717, 1.165) is 16.7 Å². The Hall–Kier alpha value is -4.46. The highest BCUT2D eigenvalue weighted by atomic mass is 32.1. The van der Waals surface area contributed by atoms with Gasteiger partial charge in [0.05, 0.1) is 0 Å². The van der Waals surface area contributed by atoms with Gasteiger partial charge in [-0.3, -0.25) is 0 Å². The van der Waals surface area contributed by atoms with Crippen molar-refractivity contribution in [3.63, 3.8) is 0 Å². The fourth-order valence-electron chi connectivity index (χ4n) is 5.68. The number of allylic oxidation sites excluding steroid dienone is 1. The van der Waals surface area contributed by atoms with Crippen LogP contribution < -0.4 is 0 Å². The number of fused-ring (bicyclic) bond motifs is 4. The van der Waals surface area contributed by atoms with Crippen molar-refractivity contribution in [2.45, 2.75) is 6.92 Å². The van der Waals surface area contributed by atoms with Gasteiger partial charge in [-0.15, -0.1) is 11.3 Å². The van der Waals surface area contributed by atoms with Crippen LogP contribution in [0.3, 0.4) is 0 Å². The molecule has 0 bridgehead atoms. The minimum absolute atomic E-state index is 1.11. The fourth-order valence-corrected chi connectivity index (χ4v) is 6.90. The Labute approximate surface area is 228 Å². The molecule has 0 unspecified atom stereocenters. The molecule has 0 N–H and O–H groups in total. The maximum absolute atomic E-state index is 4.26. The van der Waals surface area contributed by atoms with E-state index in [0.29, 0.717) is 0 Å². The van der Waals surface area contributed by atoms with E-state index >= 15 is 0 Å². The summed E-state index contributed by atoms with van der Waals surface area (Å²) in [5.41, 5.74) is 9.39. The maximum Gasteiger partial charge on any atom is 0.0433 e. The molecule has 0 aliphatic heterocycles. The lowest BCUT2D eigenvalue weighted by Gasteiger charge is -2.20. The normalized spacial score (nSPS) is 11.5. The van der Waals surface area contributed by atoms with Crippen molar-refractivity contribution in [3.8, 4) is 22.3 Å². The van der Waals surface area contributed by atoms with E-state index in [1.54, 1.807) is 0 Å². The van der Waals surface area contributed by atoms with Crippen LogP contribution in [0.4, 0.5) is 0 Å². The van der Waals surface area contributed by atoms with Crippen LogP contribution in [0.1, 0.15) is 29.2 Å². The largest absolute Gasteiger partial charge is 0.135 e. The van der Waals surface area contributed by atoms with Crippen LogP contribution in [0, 0.1) is 0 Å². The summed E-state index contributed by atoms with van der Waals surface area (Å²) < 4.78 is 2.58. The minimum Gasteiger partial charge on any atom is -0.135 e. The molecule has 182 valence electrons. The van der Waals surface area contributed by atoms with Gasteiger partial charge in [0.1, 0.15) is 0 Å². The van der Waals surface area contributed by atoms with Crippen LogP contribution in [0.25, 0.3) is 77.5 Å². The van der Waals surface area contributed by atoms with Crippen molar-refractivity contribution >= 4 is 66.6 Å². The molecule has 0 saturated heterocycles. The highest BCUT2D eigenvalue weighted by Gasteiger charge is 2.19. The number of hydrogen-bond donors (Lipinski definition) is 0. The minimum atomic E-state index is 1.11. The van der Waals surface area contributed by atoms with Crippen LogP contribution in [0.15, 0.2) is 111 Å². The van der Waals surface area contributed by atoms with E-state index < -0.39 is 0 Å². The zero-order chi connectivity index (χ0) is 26.2. The fraction of sp³-hybridized carbons (Fsp3) is 0.0270. The molecule has 0 aliphatic rings. The van der Waals surface area contributed by atoms with Crippen LogP contribution >= 0.6 is 11.3 Å². The summed E-state index contributed by atoms with van der Waals surface area (Å²) in [5.74, 6) is 0. The predicted octanol–water partition coefficient (Wildman–Crippen LogP) is 11.5. The van der Waals surface area contributed by atoms with Gasteiger partial charge in [-0.05, 0) is 74.3 Å². The molecule has 0 saturated carbocycles. The quantitative estimate of drug-likeness (QED) is 0.212. The molecule has 6 aromatic rings. The van der Waals surface area contributed by atoms with E-state index in [4.69, 9.17) is 0 Å². The zero-order valence-electron chi connectivity index (χ0n) is 21.5. The molecule has 0 atom stereocenters. The summed E-state index contributed by atoms with van der Waals surface area (Å²) >= 11 is 1.85. The Morgan fingerprint density at radius 3 is 1.87 bits per heavy atom. The van der Waals surface area contributed by atoms with E-state index in [2.05, 4.69) is 124 Å². The molecule has 0 amide bonds. The van der Waals surface area contributed by atoms with Gasteiger partial charge in [0.25, 0.3) is 0 Å². The van der Waals surface area contributed by atoms with E-state index in [1.165, 1.54) is 58.8 Å². The summed E-state index contributed by atoms with van der Waals surface area (Å²) in [6, 6.07) is 30.6. The van der Waals surface area contributed by atoms with Crippen molar-refractivity contribution in [2.75, 3.05) is 0 Å². The van der Waals surface area contributed by atoms with E-state index in [1.807, 2.05) is 29.6 Å². The van der Waals surface area contributed by atoms with Gasteiger partial charge in [-0.25, -0.2) is 0 Å². The first kappa shape index (κ1) is 23.9. The monoisotopic (exact) mass is 504 g/mol. The average molecular weight is 505 g/mol. The Morgan fingerprint density at radius 1 is 0.579 bits per heavy atom.